The number of hydrogen-bond acceptors (Lipinski definition) is 7. The van der Waals surface area contributed by atoms with Crippen LogP contribution in [0.1, 0.15) is 5.56 Å². The molecule has 0 fully saturated rings. The van der Waals surface area contributed by atoms with E-state index in [0.29, 0.717) is 33.5 Å². The molecule has 0 aromatic heterocycles. The monoisotopic (exact) mass is 476 g/mol. The molecule has 0 unspecified atom stereocenters. The number of likely N-dealkylation sites (N-methyl/N-ethyl adjacent to an activating group) is 1. The van der Waals surface area contributed by atoms with Crippen LogP contribution in [0.3, 0.4) is 0 Å². The number of nitrogens with one attached hydrogen (secondary N) is 1. The predicted molar refractivity (Wildman–Crippen MR) is 124 cm³/mol. The quantitative estimate of drug-likeness (QED) is 0.415. The van der Waals surface area contributed by atoms with Crippen molar-refractivity contribution >= 4 is 41.1 Å². The van der Waals surface area contributed by atoms with E-state index in [0.717, 1.165) is 11.0 Å². The summed E-state index contributed by atoms with van der Waals surface area (Å²) in [6.45, 7) is -0.730. The minimum absolute atomic E-state index is 0.215. The molecular weight excluding hydrogens is 452 g/mol. The molecule has 0 heterocycles. The van der Waals surface area contributed by atoms with Gasteiger partial charge in [-0.25, -0.2) is 4.79 Å². The molecule has 0 saturated heterocycles. The number of esters is 1. The average molecular weight is 477 g/mol. The molecule has 10 heteroatoms. The van der Waals surface area contributed by atoms with Gasteiger partial charge in [-0.3, -0.25) is 9.59 Å². The molecule has 0 aliphatic heterocycles. The molecule has 176 valence electrons. The van der Waals surface area contributed by atoms with Crippen molar-refractivity contribution in [1.82, 2.24) is 4.90 Å². The van der Waals surface area contributed by atoms with Gasteiger partial charge in [-0.05, 0) is 35.9 Å². The van der Waals surface area contributed by atoms with Crippen LogP contribution in [0, 0.1) is 0 Å². The molecule has 0 bridgehead atoms. The van der Waals surface area contributed by atoms with Gasteiger partial charge in [-0.2, -0.15) is 0 Å². The van der Waals surface area contributed by atoms with Crippen molar-refractivity contribution in [3.8, 4) is 17.2 Å². The first kappa shape index (κ1) is 25.5. The molecule has 2 amide bonds. The third kappa shape index (κ3) is 7.73. The van der Waals surface area contributed by atoms with Crippen LogP contribution in [0.2, 0.25) is 5.02 Å². The third-order valence-electron chi connectivity index (χ3n) is 4.37. The number of methoxy groups -OCH3 is 3. The van der Waals surface area contributed by atoms with Crippen LogP contribution in [0.25, 0.3) is 6.08 Å². The highest BCUT2D eigenvalue weighted by Gasteiger charge is 2.15. The summed E-state index contributed by atoms with van der Waals surface area (Å²) in [6.07, 6.45) is 2.62. The van der Waals surface area contributed by atoms with Crippen molar-refractivity contribution in [1.29, 1.82) is 0 Å². The first-order valence-electron chi connectivity index (χ1n) is 9.71. The average Bonchev–Trinajstić information content (AvgIpc) is 2.80. The molecule has 0 aliphatic rings. The molecule has 2 rings (SSSR count). The van der Waals surface area contributed by atoms with Crippen molar-refractivity contribution in [2.45, 2.75) is 0 Å². The Balaban J connectivity index is 1.84. The maximum absolute atomic E-state index is 12.2. The number of benzene rings is 2. The van der Waals surface area contributed by atoms with E-state index in [9.17, 15) is 14.4 Å². The van der Waals surface area contributed by atoms with Crippen molar-refractivity contribution in [3.05, 3.63) is 53.1 Å². The summed E-state index contributed by atoms with van der Waals surface area (Å²) in [5.74, 6) is -0.302. The maximum Gasteiger partial charge on any atom is 0.331 e. The van der Waals surface area contributed by atoms with E-state index in [1.54, 1.807) is 36.4 Å². The van der Waals surface area contributed by atoms with E-state index in [1.165, 1.54) is 34.5 Å². The number of ether oxygens (including phenoxy) is 4. The lowest BCUT2D eigenvalue weighted by Gasteiger charge is -2.16. The van der Waals surface area contributed by atoms with Crippen LogP contribution >= 0.6 is 11.6 Å². The Morgan fingerprint density at radius 3 is 2.48 bits per heavy atom. The van der Waals surface area contributed by atoms with Crippen LogP contribution in [-0.4, -0.2) is 64.2 Å². The van der Waals surface area contributed by atoms with E-state index in [1.807, 2.05) is 0 Å². The number of halogens is 1. The standard InChI is InChI=1S/C23H25ClN2O7/c1-26(13-20(27)25-16-6-5-7-17(12-16)30-2)21(28)14-33-22(29)9-8-15-10-18(24)23(32-4)19(11-15)31-3/h5-12H,13-14H2,1-4H3,(H,25,27)/b9-8+. The van der Waals surface area contributed by atoms with E-state index in [2.05, 4.69) is 5.32 Å². The fourth-order valence-corrected chi connectivity index (χ4v) is 2.99. The van der Waals surface area contributed by atoms with Gasteiger partial charge in [0.25, 0.3) is 5.91 Å². The number of anilines is 1. The summed E-state index contributed by atoms with van der Waals surface area (Å²) in [5.41, 5.74) is 1.11. The van der Waals surface area contributed by atoms with Crippen LogP contribution in [-0.2, 0) is 19.1 Å². The second kappa shape index (κ2) is 12.4. The van der Waals surface area contributed by atoms with Gasteiger partial charge < -0.3 is 29.2 Å². The van der Waals surface area contributed by atoms with Crippen molar-refractivity contribution in [2.24, 2.45) is 0 Å². The number of amides is 2. The number of nitrogens with zero attached hydrogens (tertiary/aromatic N) is 1. The molecule has 0 saturated carbocycles. The Labute approximate surface area is 196 Å². The smallest absolute Gasteiger partial charge is 0.331 e. The minimum Gasteiger partial charge on any atom is -0.497 e. The van der Waals surface area contributed by atoms with Gasteiger partial charge in [0.05, 0.1) is 32.9 Å². The van der Waals surface area contributed by atoms with Gasteiger partial charge in [0.15, 0.2) is 18.1 Å². The van der Waals surface area contributed by atoms with Crippen molar-refractivity contribution < 1.29 is 33.3 Å². The van der Waals surface area contributed by atoms with Gasteiger partial charge >= 0.3 is 5.97 Å². The Bertz CT molecular complexity index is 1040. The summed E-state index contributed by atoms with van der Waals surface area (Å²) < 4.78 is 20.4. The van der Waals surface area contributed by atoms with E-state index < -0.39 is 24.4 Å². The maximum atomic E-state index is 12.2. The van der Waals surface area contributed by atoms with E-state index in [4.69, 9.17) is 30.5 Å². The van der Waals surface area contributed by atoms with Crippen LogP contribution < -0.4 is 19.5 Å². The van der Waals surface area contributed by atoms with Gasteiger partial charge in [-0.15, -0.1) is 0 Å². The van der Waals surface area contributed by atoms with Crippen LogP contribution in [0.4, 0.5) is 5.69 Å². The lowest BCUT2D eigenvalue weighted by molar-refractivity contribution is -0.148. The number of carbonyl (C=O) groups is 3. The van der Waals surface area contributed by atoms with E-state index in [-0.39, 0.29) is 6.54 Å². The van der Waals surface area contributed by atoms with E-state index >= 15 is 0 Å². The molecule has 2 aromatic carbocycles. The zero-order valence-corrected chi connectivity index (χ0v) is 19.5. The number of hydrogen-bond donors (Lipinski definition) is 1. The molecule has 0 atom stereocenters. The number of rotatable bonds is 10. The van der Waals surface area contributed by atoms with Crippen LogP contribution in [0.5, 0.6) is 17.2 Å². The molecule has 0 aliphatic carbocycles. The summed E-state index contributed by atoms with van der Waals surface area (Å²) in [5, 5.41) is 2.98. The van der Waals surface area contributed by atoms with Crippen molar-refractivity contribution in [3.63, 3.8) is 0 Å². The highest BCUT2D eigenvalue weighted by Crippen LogP contribution is 2.36. The molecule has 1 N–H and O–H groups in total. The minimum atomic E-state index is -0.733. The lowest BCUT2D eigenvalue weighted by atomic mass is 10.2. The fourth-order valence-electron chi connectivity index (χ4n) is 2.69. The first-order chi connectivity index (χ1) is 15.8. The second-order valence-electron chi connectivity index (χ2n) is 6.71. The SMILES string of the molecule is COc1cccc(NC(=O)CN(C)C(=O)COC(=O)/C=C/c2cc(Cl)c(OC)c(OC)c2)c1. The summed E-state index contributed by atoms with van der Waals surface area (Å²) in [6, 6.07) is 10.0. The zero-order chi connectivity index (χ0) is 24.4. The van der Waals surface area contributed by atoms with Gasteiger partial charge in [0.1, 0.15) is 5.75 Å². The molecule has 33 heavy (non-hydrogen) atoms. The normalized spacial score (nSPS) is 10.5. The molecule has 0 radical (unpaired) electrons. The molecular formula is C23H25ClN2O7. The molecule has 9 nitrogen and oxygen atoms in total. The Morgan fingerprint density at radius 1 is 1.06 bits per heavy atom. The topological polar surface area (TPSA) is 103 Å². The first-order valence-corrected chi connectivity index (χ1v) is 10.1. The predicted octanol–water partition coefficient (Wildman–Crippen LogP) is 3.02. The Morgan fingerprint density at radius 2 is 1.82 bits per heavy atom. The van der Waals surface area contributed by atoms with Crippen molar-refractivity contribution in [2.75, 3.05) is 46.8 Å². The Hall–Kier alpha value is -3.72. The molecule has 0 spiro atoms. The van der Waals surface area contributed by atoms with Gasteiger partial charge in [-0.1, -0.05) is 17.7 Å². The summed E-state index contributed by atoms with van der Waals surface area (Å²) in [4.78, 5) is 37.5. The highest BCUT2D eigenvalue weighted by molar-refractivity contribution is 6.32. The Kier molecular flexibility index (Phi) is 9.56. The molecule has 2 aromatic rings. The largest absolute Gasteiger partial charge is 0.497 e. The van der Waals surface area contributed by atoms with Gasteiger partial charge in [0.2, 0.25) is 5.91 Å². The zero-order valence-electron chi connectivity index (χ0n) is 18.7. The van der Waals surface area contributed by atoms with Crippen LogP contribution in [0.15, 0.2) is 42.5 Å². The fraction of sp³-hybridized carbons (Fsp3) is 0.261. The highest BCUT2D eigenvalue weighted by atomic mass is 35.5. The summed E-state index contributed by atoms with van der Waals surface area (Å²) in [7, 11) is 5.89. The van der Waals surface area contributed by atoms with Gasteiger partial charge in [0, 0.05) is 24.9 Å². The summed E-state index contributed by atoms with van der Waals surface area (Å²) >= 11 is 6.13. The third-order valence-corrected chi connectivity index (χ3v) is 4.65. The lowest BCUT2D eigenvalue weighted by Crippen LogP contribution is -2.37. The second-order valence-corrected chi connectivity index (χ2v) is 7.12. The number of carbonyl (C=O) groups excluding carboxylic acids is 3.